The van der Waals surface area contributed by atoms with Crippen molar-refractivity contribution in [3.05, 3.63) is 32.7 Å². The fourth-order valence-electron chi connectivity index (χ4n) is 4.11. The van der Waals surface area contributed by atoms with Crippen molar-refractivity contribution in [2.75, 3.05) is 19.6 Å². The Labute approximate surface area is 162 Å². The molecular formula is C19H25N5O2S. The maximum absolute atomic E-state index is 12.5. The van der Waals surface area contributed by atoms with Gasteiger partial charge in [-0.25, -0.2) is 9.67 Å². The zero-order valence-corrected chi connectivity index (χ0v) is 16.9. The molecule has 2 aromatic rings. The molecule has 0 aliphatic carbocycles. The summed E-state index contributed by atoms with van der Waals surface area (Å²) in [6.45, 7) is 7.43. The molecule has 2 aliphatic heterocycles. The summed E-state index contributed by atoms with van der Waals surface area (Å²) in [7, 11) is 1.68. The van der Waals surface area contributed by atoms with E-state index in [1.54, 1.807) is 7.05 Å². The predicted octanol–water partition coefficient (Wildman–Crippen LogP) is 1.62. The minimum atomic E-state index is -0.0997. The van der Waals surface area contributed by atoms with E-state index in [2.05, 4.69) is 20.7 Å². The fraction of sp³-hybridized carbons (Fsp3) is 0.579. The van der Waals surface area contributed by atoms with Crippen molar-refractivity contribution in [3.8, 4) is 10.6 Å². The molecular weight excluding hydrogens is 362 g/mol. The average molecular weight is 388 g/mol. The van der Waals surface area contributed by atoms with Gasteiger partial charge in [0.2, 0.25) is 5.91 Å². The highest BCUT2D eigenvalue weighted by molar-refractivity contribution is 7.13. The van der Waals surface area contributed by atoms with Gasteiger partial charge in [-0.1, -0.05) is 0 Å². The van der Waals surface area contributed by atoms with Crippen molar-refractivity contribution < 1.29 is 4.79 Å². The molecule has 4 rings (SSSR count). The van der Waals surface area contributed by atoms with E-state index < -0.39 is 0 Å². The number of likely N-dealkylation sites (tertiary alicyclic amines) is 1. The number of amides is 1. The lowest BCUT2D eigenvalue weighted by Crippen LogP contribution is -2.40. The lowest BCUT2D eigenvalue weighted by atomic mass is 9.77. The summed E-state index contributed by atoms with van der Waals surface area (Å²) in [5, 5.41) is 10.0. The third-order valence-electron chi connectivity index (χ3n) is 5.99. The summed E-state index contributed by atoms with van der Waals surface area (Å²) in [6.07, 6.45) is 2.77. The molecule has 0 bridgehead atoms. The van der Waals surface area contributed by atoms with Crippen molar-refractivity contribution in [1.29, 1.82) is 0 Å². The Balaban J connectivity index is 1.47. The van der Waals surface area contributed by atoms with Crippen molar-refractivity contribution >= 4 is 17.2 Å². The molecule has 4 heterocycles. The Morgan fingerprint density at radius 1 is 1.26 bits per heavy atom. The molecule has 2 fully saturated rings. The number of carbonyl (C=O) groups is 1. The third-order valence-corrected chi connectivity index (χ3v) is 6.90. The van der Waals surface area contributed by atoms with Gasteiger partial charge in [-0.2, -0.15) is 5.10 Å². The van der Waals surface area contributed by atoms with Crippen molar-refractivity contribution in [3.63, 3.8) is 0 Å². The second-order valence-electron chi connectivity index (χ2n) is 7.89. The normalized spacial score (nSPS) is 19.6. The zero-order valence-electron chi connectivity index (χ0n) is 16.0. The van der Waals surface area contributed by atoms with Gasteiger partial charge in [0.25, 0.3) is 5.56 Å². The van der Waals surface area contributed by atoms with Crippen LogP contribution in [0.15, 0.2) is 10.2 Å². The van der Waals surface area contributed by atoms with Crippen LogP contribution in [-0.4, -0.2) is 45.2 Å². The average Bonchev–Trinajstić information content (AvgIpc) is 3.23. The van der Waals surface area contributed by atoms with Crippen LogP contribution < -0.4 is 10.9 Å². The first-order valence-electron chi connectivity index (χ1n) is 9.35. The van der Waals surface area contributed by atoms with Gasteiger partial charge >= 0.3 is 0 Å². The number of hydrogen-bond donors (Lipinski definition) is 1. The van der Waals surface area contributed by atoms with Crippen LogP contribution in [0.4, 0.5) is 0 Å². The van der Waals surface area contributed by atoms with Gasteiger partial charge < -0.3 is 5.32 Å². The van der Waals surface area contributed by atoms with Crippen LogP contribution in [0.1, 0.15) is 36.2 Å². The number of nitrogens with one attached hydrogen (secondary N) is 1. The van der Waals surface area contributed by atoms with E-state index in [4.69, 9.17) is 4.98 Å². The molecule has 1 N–H and O–H groups in total. The lowest BCUT2D eigenvalue weighted by molar-refractivity contribution is -0.119. The molecule has 7 nitrogen and oxygen atoms in total. The summed E-state index contributed by atoms with van der Waals surface area (Å²) in [5.74, 6) is 0.192. The van der Waals surface area contributed by atoms with Crippen LogP contribution in [0.5, 0.6) is 0 Å². The van der Waals surface area contributed by atoms with Gasteiger partial charge in [0.15, 0.2) is 0 Å². The zero-order chi connectivity index (χ0) is 19.2. The van der Waals surface area contributed by atoms with Crippen LogP contribution in [0.25, 0.3) is 10.6 Å². The molecule has 2 saturated heterocycles. The molecule has 2 aliphatic rings. The SMILES string of the molecule is Cc1nn(C)c(=O)c(-c2nc(CN3CCC4(CC3)CNC(=O)C4)cs2)c1C. The smallest absolute Gasteiger partial charge is 0.277 e. The molecule has 2 aromatic heterocycles. The van der Waals surface area contributed by atoms with Crippen molar-refractivity contribution in [2.24, 2.45) is 12.5 Å². The second-order valence-corrected chi connectivity index (χ2v) is 8.75. The quantitative estimate of drug-likeness (QED) is 0.866. The molecule has 1 spiro atoms. The van der Waals surface area contributed by atoms with E-state index >= 15 is 0 Å². The number of hydrogen-bond acceptors (Lipinski definition) is 6. The molecule has 0 radical (unpaired) electrons. The van der Waals surface area contributed by atoms with E-state index in [9.17, 15) is 9.59 Å². The van der Waals surface area contributed by atoms with Crippen LogP contribution in [0.2, 0.25) is 0 Å². The Bertz CT molecular complexity index is 940. The van der Waals surface area contributed by atoms with E-state index in [0.29, 0.717) is 12.0 Å². The molecule has 0 atom stereocenters. The van der Waals surface area contributed by atoms with E-state index in [-0.39, 0.29) is 16.9 Å². The Kier molecular flexibility index (Phi) is 4.63. The number of aryl methyl sites for hydroxylation is 2. The maximum Gasteiger partial charge on any atom is 0.277 e. The molecule has 0 aromatic carbocycles. The summed E-state index contributed by atoms with van der Waals surface area (Å²) in [4.78, 5) is 31.2. The van der Waals surface area contributed by atoms with Gasteiger partial charge in [-0.15, -0.1) is 11.3 Å². The van der Waals surface area contributed by atoms with Gasteiger partial charge in [-0.05, 0) is 50.8 Å². The highest BCUT2D eigenvalue weighted by Gasteiger charge is 2.40. The van der Waals surface area contributed by atoms with Crippen LogP contribution in [-0.2, 0) is 18.4 Å². The molecule has 27 heavy (non-hydrogen) atoms. The van der Waals surface area contributed by atoms with E-state index in [1.165, 1.54) is 16.0 Å². The predicted molar refractivity (Wildman–Crippen MR) is 105 cm³/mol. The monoisotopic (exact) mass is 387 g/mol. The van der Waals surface area contributed by atoms with Gasteiger partial charge in [0, 0.05) is 31.9 Å². The first-order chi connectivity index (χ1) is 12.9. The highest BCUT2D eigenvalue weighted by Crippen LogP contribution is 2.37. The van der Waals surface area contributed by atoms with E-state index in [1.807, 2.05) is 13.8 Å². The third kappa shape index (κ3) is 3.43. The second kappa shape index (κ2) is 6.83. The highest BCUT2D eigenvalue weighted by atomic mass is 32.1. The first-order valence-corrected chi connectivity index (χ1v) is 10.2. The maximum atomic E-state index is 12.5. The standard InChI is InChI=1S/C19H25N5O2S/c1-12-13(2)22-23(3)18(26)16(12)17-21-14(10-27-17)9-24-6-4-19(5-7-24)8-15(25)20-11-19/h10H,4-9,11H2,1-3H3,(H,20,25). The number of nitrogens with zero attached hydrogens (tertiary/aromatic N) is 4. The molecule has 0 unspecified atom stereocenters. The Morgan fingerprint density at radius 3 is 2.67 bits per heavy atom. The number of rotatable bonds is 3. The number of aromatic nitrogens is 3. The van der Waals surface area contributed by atoms with Gasteiger partial charge in [0.05, 0.1) is 17.0 Å². The molecule has 144 valence electrons. The Hall–Kier alpha value is -2.06. The minimum absolute atomic E-state index is 0.0997. The minimum Gasteiger partial charge on any atom is -0.356 e. The van der Waals surface area contributed by atoms with E-state index in [0.717, 1.165) is 61.0 Å². The van der Waals surface area contributed by atoms with Gasteiger partial charge in [0.1, 0.15) is 5.01 Å². The molecule has 8 heteroatoms. The largest absolute Gasteiger partial charge is 0.356 e. The Morgan fingerprint density at radius 2 is 2.00 bits per heavy atom. The number of carbonyl (C=O) groups excluding carboxylic acids is 1. The number of piperidine rings is 1. The van der Waals surface area contributed by atoms with Gasteiger partial charge in [-0.3, -0.25) is 14.5 Å². The van der Waals surface area contributed by atoms with Crippen LogP contribution in [0.3, 0.4) is 0 Å². The van der Waals surface area contributed by atoms with Crippen LogP contribution >= 0.6 is 11.3 Å². The summed E-state index contributed by atoms with van der Waals surface area (Å²) in [5.41, 5.74) is 3.48. The van der Waals surface area contributed by atoms with Crippen molar-refractivity contribution in [1.82, 2.24) is 25.0 Å². The summed E-state index contributed by atoms with van der Waals surface area (Å²) >= 11 is 1.52. The molecule has 1 amide bonds. The first kappa shape index (κ1) is 18.3. The lowest BCUT2D eigenvalue weighted by Gasteiger charge is -2.37. The summed E-state index contributed by atoms with van der Waals surface area (Å²) in [6, 6.07) is 0. The topological polar surface area (TPSA) is 80.1 Å². The molecule has 0 saturated carbocycles. The summed E-state index contributed by atoms with van der Waals surface area (Å²) < 4.78 is 1.39. The fourth-order valence-corrected chi connectivity index (χ4v) is 5.02. The van der Waals surface area contributed by atoms with Crippen molar-refractivity contribution in [2.45, 2.75) is 39.7 Å². The number of thiazole rings is 1. The van der Waals surface area contributed by atoms with Crippen LogP contribution in [0, 0.1) is 19.3 Å².